The maximum absolute atomic E-state index is 5.99. The van der Waals surface area contributed by atoms with Crippen molar-refractivity contribution in [2.24, 2.45) is 0 Å². The number of rotatable bonds is 2. The molecular weight excluding hydrogens is 271 g/mol. The van der Waals surface area contributed by atoms with Crippen molar-refractivity contribution in [1.82, 2.24) is 9.97 Å². The van der Waals surface area contributed by atoms with Gasteiger partial charge < -0.3 is 9.31 Å². The van der Waals surface area contributed by atoms with E-state index in [-0.39, 0.29) is 11.2 Å². The fourth-order valence-electron chi connectivity index (χ4n) is 2.01. The highest BCUT2D eigenvalue weighted by molar-refractivity contribution is 7.13. The van der Waals surface area contributed by atoms with Crippen LogP contribution in [0.4, 0.5) is 0 Å². The van der Waals surface area contributed by atoms with E-state index in [0.717, 1.165) is 16.0 Å². The fraction of sp³-hybridized carbons (Fsp3) is 0.429. The number of thiazole rings is 1. The van der Waals surface area contributed by atoms with Crippen molar-refractivity contribution in [3.8, 4) is 10.4 Å². The van der Waals surface area contributed by atoms with Crippen LogP contribution in [0.5, 0.6) is 0 Å². The zero-order valence-electron chi connectivity index (χ0n) is 12.1. The van der Waals surface area contributed by atoms with Gasteiger partial charge in [-0.25, -0.2) is 0 Å². The van der Waals surface area contributed by atoms with E-state index in [1.165, 1.54) is 0 Å². The molecule has 0 atom stereocenters. The summed E-state index contributed by atoms with van der Waals surface area (Å²) < 4.78 is 12.0. The van der Waals surface area contributed by atoms with Gasteiger partial charge in [0.25, 0.3) is 0 Å². The predicted molar refractivity (Wildman–Crippen MR) is 81.1 cm³/mol. The molecule has 1 aliphatic rings. The Hall–Kier alpha value is -1.24. The normalized spacial score (nSPS) is 20.3. The van der Waals surface area contributed by atoms with Gasteiger partial charge in [0.2, 0.25) is 0 Å². The van der Waals surface area contributed by atoms with Gasteiger partial charge in [-0.15, -0.1) is 11.3 Å². The average molecular weight is 288 g/mol. The number of hydrogen-bond donors (Lipinski definition) is 0. The van der Waals surface area contributed by atoms with E-state index >= 15 is 0 Å². The quantitative estimate of drug-likeness (QED) is 0.796. The SMILES string of the molecule is CC1(C)OB(c2ccc(-c3cncs3)cn2)OC1(C)C. The molecule has 2 aromatic rings. The van der Waals surface area contributed by atoms with Gasteiger partial charge in [-0.1, -0.05) is 6.07 Å². The van der Waals surface area contributed by atoms with E-state index in [0.29, 0.717) is 0 Å². The van der Waals surface area contributed by atoms with Crippen molar-refractivity contribution >= 4 is 24.0 Å². The molecule has 0 amide bonds. The second-order valence-corrected chi connectivity index (χ2v) is 6.81. The van der Waals surface area contributed by atoms with Gasteiger partial charge in [0, 0.05) is 18.0 Å². The molecule has 0 saturated carbocycles. The molecule has 0 unspecified atom stereocenters. The van der Waals surface area contributed by atoms with Crippen LogP contribution >= 0.6 is 11.3 Å². The average Bonchev–Trinajstić information content (AvgIpc) is 2.97. The van der Waals surface area contributed by atoms with E-state index in [9.17, 15) is 0 Å². The number of pyridine rings is 1. The first-order valence-corrected chi connectivity index (χ1v) is 7.47. The Morgan fingerprint density at radius 1 is 1.05 bits per heavy atom. The van der Waals surface area contributed by atoms with Crippen LogP contribution in [-0.4, -0.2) is 28.3 Å². The maximum atomic E-state index is 5.99. The van der Waals surface area contributed by atoms with Gasteiger partial charge in [0.1, 0.15) is 0 Å². The summed E-state index contributed by atoms with van der Waals surface area (Å²) in [5.41, 5.74) is 3.01. The van der Waals surface area contributed by atoms with Crippen molar-refractivity contribution in [1.29, 1.82) is 0 Å². The smallest absolute Gasteiger partial charge is 0.398 e. The summed E-state index contributed by atoms with van der Waals surface area (Å²) in [7, 11) is -0.407. The summed E-state index contributed by atoms with van der Waals surface area (Å²) in [5, 5.41) is 0. The Balaban J connectivity index is 1.83. The lowest BCUT2D eigenvalue weighted by Gasteiger charge is -2.32. The zero-order chi connectivity index (χ0) is 14.4. The topological polar surface area (TPSA) is 44.2 Å². The lowest BCUT2D eigenvalue weighted by molar-refractivity contribution is 0.00578. The minimum atomic E-state index is -0.407. The van der Waals surface area contributed by atoms with Crippen molar-refractivity contribution in [3.63, 3.8) is 0 Å². The van der Waals surface area contributed by atoms with Crippen LogP contribution in [0, 0.1) is 0 Å². The number of nitrogens with zero attached hydrogens (tertiary/aromatic N) is 2. The monoisotopic (exact) mass is 288 g/mol. The summed E-state index contributed by atoms with van der Waals surface area (Å²) in [6.07, 6.45) is 3.68. The minimum Gasteiger partial charge on any atom is -0.398 e. The van der Waals surface area contributed by atoms with E-state index in [1.54, 1.807) is 11.3 Å². The Morgan fingerprint density at radius 3 is 2.25 bits per heavy atom. The van der Waals surface area contributed by atoms with Crippen LogP contribution in [0.15, 0.2) is 30.0 Å². The summed E-state index contributed by atoms with van der Waals surface area (Å²) in [6.45, 7) is 8.16. The van der Waals surface area contributed by atoms with Crippen LogP contribution in [-0.2, 0) is 9.31 Å². The molecule has 2 aromatic heterocycles. The molecule has 4 nitrogen and oxygen atoms in total. The van der Waals surface area contributed by atoms with Crippen molar-refractivity contribution < 1.29 is 9.31 Å². The first-order chi connectivity index (χ1) is 9.39. The predicted octanol–water partition coefficient (Wildman–Crippen LogP) is 2.50. The Labute approximate surface area is 123 Å². The first kappa shape index (κ1) is 13.7. The van der Waals surface area contributed by atoms with Crippen molar-refractivity contribution in [3.05, 3.63) is 30.0 Å². The van der Waals surface area contributed by atoms with Crippen LogP contribution in [0.2, 0.25) is 0 Å². The van der Waals surface area contributed by atoms with Gasteiger partial charge in [0.15, 0.2) is 0 Å². The minimum absolute atomic E-state index is 0.338. The second kappa shape index (κ2) is 4.65. The molecule has 3 heterocycles. The third-order valence-electron chi connectivity index (χ3n) is 4.00. The zero-order valence-corrected chi connectivity index (χ0v) is 12.9. The lowest BCUT2D eigenvalue weighted by Crippen LogP contribution is -2.41. The molecule has 6 heteroatoms. The molecule has 0 radical (unpaired) electrons. The third-order valence-corrected chi connectivity index (χ3v) is 4.82. The number of hydrogen-bond acceptors (Lipinski definition) is 5. The summed E-state index contributed by atoms with van der Waals surface area (Å²) in [4.78, 5) is 9.66. The molecule has 1 fully saturated rings. The summed E-state index contributed by atoms with van der Waals surface area (Å²) in [5.74, 6) is 0. The molecule has 0 bridgehead atoms. The summed E-state index contributed by atoms with van der Waals surface area (Å²) in [6, 6.07) is 3.98. The Morgan fingerprint density at radius 2 is 1.75 bits per heavy atom. The van der Waals surface area contributed by atoms with E-state index in [4.69, 9.17) is 9.31 Å². The molecule has 0 spiro atoms. The largest absolute Gasteiger partial charge is 0.514 e. The maximum Gasteiger partial charge on any atom is 0.514 e. The number of aromatic nitrogens is 2. The van der Waals surface area contributed by atoms with Crippen LogP contribution in [0.3, 0.4) is 0 Å². The highest BCUT2D eigenvalue weighted by atomic mass is 32.1. The van der Waals surface area contributed by atoms with Crippen LogP contribution < -0.4 is 5.59 Å². The van der Waals surface area contributed by atoms with E-state index in [1.807, 2.05) is 57.7 Å². The fourth-order valence-corrected chi connectivity index (χ4v) is 2.63. The van der Waals surface area contributed by atoms with E-state index < -0.39 is 7.12 Å². The van der Waals surface area contributed by atoms with Gasteiger partial charge in [0.05, 0.1) is 27.2 Å². The highest BCUT2D eigenvalue weighted by Crippen LogP contribution is 2.36. The van der Waals surface area contributed by atoms with Crippen molar-refractivity contribution in [2.45, 2.75) is 38.9 Å². The third kappa shape index (κ3) is 2.28. The standard InChI is InChI=1S/C14H17BN2O2S/c1-13(2)14(3,4)19-15(18-13)12-6-5-10(7-17-12)11-8-16-9-20-11/h5-9H,1-4H3. The Kier molecular flexibility index (Phi) is 3.19. The molecule has 3 rings (SSSR count). The lowest BCUT2D eigenvalue weighted by atomic mass is 9.84. The molecule has 1 saturated heterocycles. The van der Waals surface area contributed by atoms with Gasteiger partial charge in [-0.3, -0.25) is 9.97 Å². The molecule has 0 aromatic carbocycles. The Bertz CT molecular complexity index is 580. The van der Waals surface area contributed by atoms with E-state index in [2.05, 4.69) is 9.97 Å². The molecule has 1 aliphatic heterocycles. The summed E-state index contributed by atoms with van der Waals surface area (Å²) >= 11 is 1.60. The van der Waals surface area contributed by atoms with Crippen LogP contribution in [0.25, 0.3) is 10.4 Å². The molecule has 20 heavy (non-hydrogen) atoms. The van der Waals surface area contributed by atoms with Crippen LogP contribution in [0.1, 0.15) is 27.7 Å². The van der Waals surface area contributed by atoms with Gasteiger partial charge in [-0.05, 0) is 33.8 Å². The van der Waals surface area contributed by atoms with Gasteiger partial charge in [-0.2, -0.15) is 0 Å². The van der Waals surface area contributed by atoms with Gasteiger partial charge >= 0.3 is 7.12 Å². The highest BCUT2D eigenvalue weighted by Gasteiger charge is 2.52. The first-order valence-electron chi connectivity index (χ1n) is 6.59. The molecule has 0 aliphatic carbocycles. The molecular formula is C14H17BN2O2S. The second-order valence-electron chi connectivity index (χ2n) is 5.93. The molecule has 104 valence electrons. The molecule has 0 N–H and O–H groups in total. The van der Waals surface area contributed by atoms with Crippen molar-refractivity contribution in [2.75, 3.05) is 0 Å².